The lowest BCUT2D eigenvalue weighted by molar-refractivity contribution is 1.07. The van der Waals surface area contributed by atoms with Gasteiger partial charge in [0.2, 0.25) is 0 Å². The van der Waals surface area contributed by atoms with Gasteiger partial charge in [-0.3, -0.25) is 4.98 Å². The van der Waals surface area contributed by atoms with Crippen LogP contribution in [0.25, 0.3) is 0 Å². The Morgan fingerprint density at radius 3 is 2.75 bits per heavy atom. The molecule has 0 saturated heterocycles. The molecule has 0 aliphatic rings. The molecule has 58 valence electrons. The van der Waals surface area contributed by atoms with Crippen molar-refractivity contribution in [2.45, 2.75) is 13.3 Å². The van der Waals surface area contributed by atoms with E-state index in [-0.39, 0.29) is 0 Å². The number of aryl methyl sites for hydroxylation is 1. The molecule has 0 bridgehead atoms. The summed E-state index contributed by atoms with van der Waals surface area (Å²) < 4.78 is 0. The molecule has 1 aromatic heterocycles. The number of hydrogen-bond donors (Lipinski definition) is 0. The van der Waals surface area contributed by atoms with Gasteiger partial charge in [-0.05, 0) is 18.6 Å². The zero-order valence-corrected chi connectivity index (χ0v) is 6.70. The van der Waals surface area contributed by atoms with Crippen LogP contribution >= 0.6 is 0 Å². The van der Waals surface area contributed by atoms with E-state index in [0.717, 1.165) is 11.3 Å². The average molecular weight is 157 g/mol. The summed E-state index contributed by atoms with van der Waals surface area (Å²) in [6.07, 6.45) is 1.79. The van der Waals surface area contributed by atoms with Crippen molar-refractivity contribution in [2.24, 2.45) is 0 Å². The van der Waals surface area contributed by atoms with Gasteiger partial charge < -0.3 is 0 Å². The predicted molar refractivity (Wildman–Crippen MR) is 43.0 cm³/mol. The first-order chi connectivity index (χ1) is 5.77. The summed E-state index contributed by atoms with van der Waals surface area (Å²) in [4.78, 5) is 3.99. The highest BCUT2D eigenvalue weighted by Gasteiger charge is 1.99. The molecule has 3 heteroatoms. The number of nitrogens with zero attached hydrogens (tertiary/aromatic N) is 3. The van der Waals surface area contributed by atoms with E-state index in [4.69, 9.17) is 10.5 Å². The SMILES string of the molecule is Cc1cc(C#N)cnc1CC#N. The molecule has 0 radical (unpaired) electrons. The number of pyridine rings is 1. The molecule has 1 rings (SSSR count). The van der Waals surface area contributed by atoms with Gasteiger partial charge in [-0.15, -0.1) is 0 Å². The fourth-order valence-corrected chi connectivity index (χ4v) is 0.924. The summed E-state index contributed by atoms with van der Waals surface area (Å²) in [6.45, 7) is 1.85. The fourth-order valence-electron chi connectivity index (χ4n) is 0.924. The largest absolute Gasteiger partial charge is 0.259 e. The highest BCUT2D eigenvalue weighted by Crippen LogP contribution is 2.06. The number of hydrogen-bond acceptors (Lipinski definition) is 3. The van der Waals surface area contributed by atoms with Crippen LogP contribution in [0, 0.1) is 29.6 Å². The normalized spacial score (nSPS) is 8.58. The van der Waals surface area contributed by atoms with E-state index in [9.17, 15) is 0 Å². The second-order valence-corrected chi connectivity index (χ2v) is 2.43. The van der Waals surface area contributed by atoms with E-state index in [1.54, 1.807) is 6.07 Å². The minimum atomic E-state index is 0.303. The van der Waals surface area contributed by atoms with Crippen molar-refractivity contribution in [3.05, 3.63) is 29.1 Å². The molecular formula is C9H7N3. The molecule has 1 heterocycles. The number of aromatic nitrogens is 1. The Balaban J connectivity index is 3.07. The van der Waals surface area contributed by atoms with Gasteiger partial charge in [-0.2, -0.15) is 10.5 Å². The molecule has 0 unspecified atom stereocenters. The lowest BCUT2D eigenvalue weighted by atomic mass is 10.1. The van der Waals surface area contributed by atoms with Crippen LogP contribution in [0.5, 0.6) is 0 Å². The molecule has 0 fully saturated rings. The quantitative estimate of drug-likeness (QED) is 0.617. The standard InChI is InChI=1S/C9H7N3/c1-7-4-8(5-11)6-12-9(7)2-3-10/h4,6H,2H2,1H3. The third kappa shape index (κ3) is 1.59. The first kappa shape index (κ1) is 8.23. The average Bonchev–Trinajstić information content (AvgIpc) is 2.09. The summed E-state index contributed by atoms with van der Waals surface area (Å²) in [5.74, 6) is 0. The van der Waals surface area contributed by atoms with Gasteiger partial charge in [0.05, 0.1) is 23.7 Å². The zero-order valence-electron chi connectivity index (χ0n) is 6.70. The van der Waals surface area contributed by atoms with Crippen molar-refractivity contribution >= 4 is 0 Å². The van der Waals surface area contributed by atoms with Gasteiger partial charge in [0.1, 0.15) is 6.07 Å². The van der Waals surface area contributed by atoms with Crippen LogP contribution in [0.2, 0.25) is 0 Å². The Kier molecular flexibility index (Phi) is 2.40. The highest BCUT2D eigenvalue weighted by molar-refractivity contribution is 5.32. The van der Waals surface area contributed by atoms with Crippen LogP contribution in [0.4, 0.5) is 0 Å². The minimum Gasteiger partial charge on any atom is -0.259 e. The van der Waals surface area contributed by atoms with Crippen LogP contribution in [0.15, 0.2) is 12.3 Å². The lowest BCUT2D eigenvalue weighted by Gasteiger charge is -1.98. The lowest BCUT2D eigenvalue weighted by Crippen LogP contribution is -1.93. The molecule has 0 saturated carbocycles. The number of nitriles is 2. The Hall–Kier alpha value is -1.87. The first-order valence-electron chi connectivity index (χ1n) is 3.50. The molecule has 3 nitrogen and oxygen atoms in total. The van der Waals surface area contributed by atoms with Crippen molar-refractivity contribution in [1.29, 1.82) is 10.5 Å². The van der Waals surface area contributed by atoms with Crippen molar-refractivity contribution in [3.8, 4) is 12.1 Å². The molecule has 0 aromatic carbocycles. The van der Waals surface area contributed by atoms with Crippen molar-refractivity contribution < 1.29 is 0 Å². The van der Waals surface area contributed by atoms with E-state index < -0.39 is 0 Å². The maximum absolute atomic E-state index is 8.53. The summed E-state index contributed by atoms with van der Waals surface area (Å²) in [6, 6.07) is 5.74. The van der Waals surface area contributed by atoms with Crippen LogP contribution in [0.3, 0.4) is 0 Å². The smallest absolute Gasteiger partial charge is 0.101 e. The molecule has 0 atom stereocenters. The predicted octanol–water partition coefficient (Wildman–Crippen LogP) is 1.33. The summed E-state index contributed by atoms with van der Waals surface area (Å²) in [5, 5.41) is 16.9. The monoisotopic (exact) mass is 157 g/mol. The second kappa shape index (κ2) is 3.50. The van der Waals surface area contributed by atoms with E-state index in [2.05, 4.69) is 4.98 Å². The molecular weight excluding hydrogens is 150 g/mol. The van der Waals surface area contributed by atoms with Crippen LogP contribution in [-0.2, 0) is 6.42 Å². The van der Waals surface area contributed by atoms with Crippen LogP contribution in [0.1, 0.15) is 16.8 Å². The Morgan fingerprint density at radius 2 is 2.25 bits per heavy atom. The van der Waals surface area contributed by atoms with E-state index in [0.29, 0.717) is 12.0 Å². The molecule has 1 aromatic rings. The van der Waals surface area contributed by atoms with Crippen molar-refractivity contribution in [2.75, 3.05) is 0 Å². The highest BCUT2D eigenvalue weighted by atomic mass is 14.7. The van der Waals surface area contributed by atoms with Gasteiger partial charge in [-0.25, -0.2) is 0 Å². The van der Waals surface area contributed by atoms with Gasteiger partial charge in [0.25, 0.3) is 0 Å². The van der Waals surface area contributed by atoms with E-state index in [1.165, 1.54) is 6.20 Å². The molecule has 0 amide bonds. The zero-order chi connectivity index (χ0) is 8.97. The Morgan fingerprint density at radius 1 is 1.50 bits per heavy atom. The van der Waals surface area contributed by atoms with Gasteiger partial charge in [0.15, 0.2) is 0 Å². The van der Waals surface area contributed by atoms with Crippen LogP contribution in [-0.4, -0.2) is 4.98 Å². The van der Waals surface area contributed by atoms with Gasteiger partial charge in [-0.1, -0.05) is 0 Å². The second-order valence-electron chi connectivity index (χ2n) is 2.43. The van der Waals surface area contributed by atoms with Gasteiger partial charge in [0, 0.05) is 6.20 Å². The Labute approximate surface area is 70.9 Å². The van der Waals surface area contributed by atoms with Crippen molar-refractivity contribution in [3.63, 3.8) is 0 Å². The topological polar surface area (TPSA) is 60.5 Å². The fraction of sp³-hybridized carbons (Fsp3) is 0.222. The van der Waals surface area contributed by atoms with Crippen LogP contribution < -0.4 is 0 Å². The molecule has 0 spiro atoms. The molecule has 12 heavy (non-hydrogen) atoms. The third-order valence-electron chi connectivity index (χ3n) is 1.56. The molecule has 0 N–H and O–H groups in total. The summed E-state index contributed by atoms with van der Waals surface area (Å²) in [7, 11) is 0. The van der Waals surface area contributed by atoms with Crippen molar-refractivity contribution in [1.82, 2.24) is 4.98 Å². The first-order valence-corrected chi connectivity index (χ1v) is 3.50. The minimum absolute atomic E-state index is 0.303. The maximum Gasteiger partial charge on any atom is 0.101 e. The summed E-state index contributed by atoms with van der Waals surface area (Å²) >= 11 is 0. The maximum atomic E-state index is 8.53. The van der Waals surface area contributed by atoms with Gasteiger partial charge >= 0.3 is 0 Å². The molecule has 0 aliphatic heterocycles. The Bertz CT molecular complexity index is 368. The van der Waals surface area contributed by atoms with E-state index in [1.807, 2.05) is 19.1 Å². The summed E-state index contributed by atoms with van der Waals surface area (Å²) in [5.41, 5.74) is 2.18. The molecule has 0 aliphatic carbocycles. The van der Waals surface area contributed by atoms with E-state index >= 15 is 0 Å². The number of rotatable bonds is 1. The third-order valence-corrected chi connectivity index (χ3v) is 1.56.